The summed E-state index contributed by atoms with van der Waals surface area (Å²) in [6.45, 7) is 10.5. The fourth-order valence-electron chi connectivity index (χ4n) is 4.79. The first kappa shape index (κ1) is 27.6. The van der Waals surface area contributed by atoms with Gasteiger partial charge in [-0.25, -0.2) is 17.6 Å². The molecule has 0 radical (unpaired) electrons. The first-order valence-corrected chi connectivity index (χ1v) is 14.0. The number of sulfonamides is 1. The van der Waals surface area contributed by atoms with Gasteiger partial charge in [-0.1, -0.05) is 57.2 Å². The predicted octanol–water partition coefficient (Wildman–Crippen LogP) is 5.89. The largest absolute Gasteiger partial charge is 0.465 e. The average molecular weight is 540 g/mol. The van der Waals surface area contributed by atoms with Crippen molar-refractivity contribution in [1.29, 1.82) is 0 Å². The van der Waals surface area contributed by atoms with Crippen molar-refractivity contribution < 1.29 is 22.7 Å². The van der Waals surface area contributed by atoms with E-state index in [0.29, 0.717) is 31.9 Å². The number of carboxylic acid groups (broad SMARTS) is 1. The summed E-state index contributed by atoms with van der Waals surface area (Å²) in [5, 5.41) is 9.73. The van der Waals surface area contributed by atoms with Crippen LogP contribution in [0.15, 0.2) is 77.7 Å². The van der Waals surface area contributed by atoms with Crippen molar-refractivity contribution in [2.75, 3.05) is 24.4 Å². The van der Waals surface area contributed by atoms with Crippen LogP contribution in [0.2, 0.25) is 0 Å². The molecule has 202 valence electrons. The summed E-state index contributed by atoms with van der Waals surface area (Å²) in [5.41, 5.74) is 2.26. The van der Waals surface area contributed by atoms with Crippen molar-refractivity contribution in [3.05, 3.63) is 84.2 Å². The third-order valence-corrected chi connectivity index (χ3v) is 8.97. The molecule has 3 aromatic rings. The van der Waals surface area contributed by atoms with Crippen LogP contribution in [0.25, 0.3) is 11.1 Å². The van der Waals surface area contributed by atoms with Gasteiger partial charge in [-0.3, -0.25) is 14.5 Å². The Morgan fingerprint density at radius 1 is 0.947 bits per heavy atom. The number of amides is 1. The maximum Gasteiger partial charge on any atom is 0.407 e. The minimum absolute atomic E-state index is 0.130. The first-order valence-electron chi connectivity index (χ1n) is 12.5. The van der Waals surface area contributed by atoms with Crippen LogP contribution in [0.3, 0.4) is 0 Å². The number of anilines is 1. The van der Waals surface area contributed by atoms with Gasteiger partial charge in [-0.2, -0.15) is 0 Å². The number of rotatable bonds is 6. The molecule has 2 N–H and O–H groups in total. The van der Waals surface area contributed by atoms with E-state index in [-0.39, 0.29) is 16.1 Å². The Balaban J connectivity index is 1.42. The van der Waals surface area contributed by atoms with Crippen LogP contribution in [0, 0.1) is 11.2 Å². The maximum atomic E-state index is 13.2. The monoisotopic (exact) mass is 539 g/mol. The molecule has 0 saturated carbocycles. The zero-order valence-electron chi connectivity index (χ0n) is 22.1. The average Bonchev–Trinajstić information content (AvgIpc) is 2.85. The summed E-state index contributed by atoms with van der Waals surface area (Å²) in [5.74, 6) is -0.327. The highest BCUT2D eigenvalue weighted by Crippen LogP contribution is 2.38. The number of halogens is 1. The van der Waals surface area contributed by atoms with Gasteiger partial charge in [0, 0.05) is 31.9 Å². The quantitative estimate of drug-likeness (QED) is 0.408. The van der Waals surface area contributed by atoms with E-state index in [2.05, 4.69) is 30.4 Å². The molecule has 1 aliphatic rings. The molecule has 3 aromatic carbocycles. The van der Waals surface area contributed by atoms with Crippen molar-refractivity contribution >= 4 is 21.8 Å². The van der Waals surface area contributed by atoms with E-state index in [1.165, 1.54) is 24.3 Å². The van der Waals surface area contributed by atoms with Crippen LogP contribution in [0.5, 0.6) is 0 Å². The van der Waals surface area contributed by atoms with E-state index in [1.807, 2.05) is 19.1 Å². The summed E-state index contributed by atoms with van der Waals surface area (Å²) in [6.07, 6.45) is -0.899. The molecule has 7 nitrogen and oxygen atoms in total. The highest BCUT2D eigenvalue weighted by molar-refractivity contribution is 7.92. The molecule has 0 spiro atoms. The minimum Gasteiger partial charge on any atom is -0.465 e. The Hall–Kier alpha value is -3.43. The number of carbonyl (C=O) groups is 1. The number of nitrogens with zero attached hydrogens (tertiary/aromatic N) is 2. The molecule has 1 fully saturated rings. The second kappa shape index (κ2) is 10.4. The Labute approximate surface area is 224 Å². The lowest BCUT2D eigenvalue weighted by atomic mass is 9.72. The smallest absolute Gasteiger partial charge is 0.407 e. The van der Waals surface area contributed by atoms with E-state index in [1.54, 1.807) is 41.3 Å². The van der Waals surface area contributed by atoms with Gasteiger partial charge >= 0.3 is 6.09 Å². The molecule has 1 heterocycles. The highest BCUT2D eigenvalue weighted by Gasteiger charge is 2.48. The molecule has 1 aliphatic heterocycles. The fraction of sp³-hybridized carbons (Fsp3) is 0.345. The van der Waals surface area contributed by atoms with Crippen molar-refractivity contribution in [2.45, 2.75) is 44.7 Å². The third-order valence-electron chi connectivity index (χ3n) is 7.57. The zero-order chi connectivity index (χ0) is 27.7. The number of nitrogens with one attached hydrogen (secondary N) is 1. The molecular weight excluding hydrogens is 505 g/mol. The number of piperazine rings is 1. The van der Waals surface area contributed by atoms with Crippen molar-refractivity contribution in [1.82, 2.24) is 9.80 Å². The fourth-order valence-corrected chi connectivity index (χ4v) is 5.85. The van der Waals surface area contributed by atoms with Gasteiger partial charge in [0.05, 0.1) is 10.4 Å². The molecule has 1 atom stereocenters. The second-order valence-electron chi connectivity index (χ2n) is 11.0. The van der Waals surface area contributed by atoms with Gasteiger partial charge in [0.15, 0.2) is 0 Å². The standard InChI is InChI=1S/C29H34FN3O4S/c1-28(2,3)29(4)20-32(17-18-33(29)27(34)35)19-21-5-13-25(14-6-21)31-38(36,37)26-15-9-23(10-16-26)22-7-11-24(30)12-8-22/h5-16,31H,17-20H2,1-4H3,(H,34,35)/t29-/m1/s1. The lowest BCUT2D eigenvalue weighted by Crippen LogP contribution is -2.67. The molecule has 1 saturated heterocycles. The molecule has 0 bridgehead atoms. The summed E-state index contributed by atoms with van der Waals surface area (Å²) >= 11 is 0. The van der Waals surface area contributed by atoms with Gasteiger partial charge in [0.25, 0.3) is 10.0 Å². The van der Waals surface area contributed by atoms with Crippen LogP contribution < -0.4 is 4.72 Å². The number of hydrogen-bond acceptors (Lipinski definition) is 4. The van der Waals surface area contributed by atoms with Crippen LogP contribution in [-0.2, 0) is 16.6 Å². The molecular formula is C29H34FN3O4S. The molecule has 0 aromatic heterocycles. The maximum absolute atomic E-state index is 13.2. The van der Waals surface area contributed by atoms with E-state index in [4.69, 9.17) is 0 Å². The molecule has 1 amide bonds. The molecule has 9 heteroatoms. The minimum atomic E-state index is -3.79. The van der Waals surface area contributed by atoms with Crippen molar-refractivity contribution in [3.63, 3.8) is 0 Å². The van der Waals surface area contributed by atoms with Crippen molar-refractivity contribution in [3.8, 4) is 11.1 Å². The topological polar surface area (TPSA) is 90.0 Å². The predicted molar refractivity (Wildman–Crippen MR) is 147 cm³/mol. The molecule has 0 aliphatic carbocycles. The van der Waals surface area contributed by atoms with Crippen molar-refractivity contribution in [2.24, 2.45) is 5.41 Å². The van der Waals surface area contributed by atoms with E-state index in [9.17, 15) is 22.7 Å². The SMILES string of the molecule is CC(C)(C)[C@@]1(C)CN(Cc2ccc(NS(=O)(=O)c3ccc(-c4ccc(F)cc4)cc3)cc2)CCN1C(=O)O. The van der Waals surface area contributed by atoms with Gasteiger partial charge < -0.3 is 5.11 Å². The van der Waals surface area contributed by atoms with Gasteiger partial charge in [0.1, 0.15) is 5.82 Å². The Kier molecular flexibility index (Phi) is 7.54. The zero-order valence-corrected chi connectivity index (χ0v) is 22.9. The second-order valence-corrected chi connectivity index (χ2v) is 12.7. The summed E-state index contributed by atoms with van der Waals surface area (Å²) in [4.78, 5) is 15.8. The van der Waals surface area contributed by atoms with Gasteiger partial charge in [-0.05, 0) is 65.4 Å². The summed E-state index contributed by atoms with van der Waals surface area (Å²) in [7, 11) is -3.79. The van der Waals surface area contributed by atoms with E-state index < -0.39 is 21.7 Å². The summed E-state index contributed by atoms with van der Waals surface area (Å²) in [6, 6.07) is 19.7. The van der Waals surface area contributed by atoms with E-state index in [0.717, 1.165) is 16.7 Å². The number of hydrogen-bond donors (Lipinski definition) is 2. The Morgan fingerprint density at radius 2 is 1.50 bits per heavy atom. The Bertz CT molecular complexity index is 1390. The highest BCUT2D eigenvalue weighted by atomic mass is 32.2. The first-order chi connectivity index (χ1) is 17.8. The lowest BCUT2D eigenvalue weighted by molar-refractivity contribution is -0.0462. The number of benzene rings is 3. The molecule has 38 heavy (non-hydrogen) atoms. The van der Waals surface area contributed by atoms with Gasteiger partial charge in [0.2, 0.25) is 0 Å². The van der Waals surface area contributed by atoms with Crippen LogP contribution in [0.1, 0.15) is 33.3 Å². The normalized spacial score (nSPS) is 18.8. The van der Waals surface area contributed by atoms with Gasteiger partial charge in [-0.15, -0.1) is 0 Å². The molecule has 0 unspecified atom stereocenters. The molecule has 4 rings (SSSR count). The van der Waals surface area contributed by atoms with Crippen LogP contribution >= 0.6 is 0 Å². The lowest BCUT2D eigenvalue weighted by Gasteiger charge is -2.54. The van der Waals surface area contributed by atoms with Crippen LogP contribution in [0.4, 0.5) is 14.9 Å². The third kappa shape index (κ3) is 5.84. The Morgan fingerprint density at radius 3 is 2.03 bits per heavy atom. The summed E-state index contributed by atoms with van der Waals surface area (Å²) < 4.78 is 41.6. The van der Waals surface area contributed by atoms with E-state index >= 15 is 0 Å². The van der Waals surface area contributed by atoms with Crippen LogP contribution in [-0.4, -0.2) is 54.6 Å².